The zero-order valence-corrected chi connectivity index (χ0v) is 11.4. The van der Waals surface area contributed by atoms with E-state index >= 15 is 0 Å². The zero-order chi connectivity index (χ0) is 14.1. The SMILES string of the molecule is CC1CC(=O)N(C(CC(=O)O)CC(C)(C)C)C1=O. The maximum Gasteiger partial charge on any atom is 0.305 e. The number of imide groups is 1. The molecule has 5 nitrogen and oxygen atoms in total. The average Bonchev–Trinajstić information content (AvgIpc) is 2.36. The molecule has 0 bridgehead atoms. The number of rotatable bonds is 4. The molecule has 2 atom stereocenters. The van der Waals surface area contributed by atoms with Crippen LogP contribution in [0, 0.1) is 11.3 Å². The summed E-state index contributed by atoms with van der Waals surface area (Å²) >= 11 is 0. The number of likely N-dealkylation sites (tertiary alicyclic amines) is 1. The van der Waals surface area contributed by atoms with Crippen molar-refractivity contribution in [3.63, 3.8) is 0 Å². The van der Waals surface area contributed by atoms with E-state index in [1.165, 1.54) is 4.90 Å². The van der Waals surface area contributed by atoms with Crippen LogP contribution in [-0.2, 0) is 14.4 Å². The van der Waals surface area contributed by atoms with E-state index in [1.807, 2.05) is 20.8 Å². The molecule has 0 saturated carbocycles. The number of nitrogens with zero attached hydrogens (tertiary/aromatic N) is 1. The van der Waals surface area contributed by atoms with Crippen LogP contribution in [0.15, 0.2) is 0 Å². The summed E-state index contributed by atoms with van der Waals surface area (Å²) in [5.74, 6) is -1.79. The highest BCUT2D eigenvalue weighted by Gasteiger charge is 2.41. The van der Waals surface area contributed by atoms with E-state index < -0.39 is 12.0 Å². The Balaban J connectivity index is 2.92. The second-order valence-electron chi connectivity index (χ2n) is 6.22. The fraction of sp³-hybridized carbons (Fsp3) is 0.769. The van der Waals surface area contributed by atoms with Gasteiger partial charge in [0.25, 0.3) is 0 Å². The van der Waals surface area contributed by atoms with E-state index in [2.05, 4.69) is 0 Å². The third kappa shape index (κ3) is 3.55. The second kappa shape index (κ2) is 5.08. The summed E-state index contributed by atoms with van der Waals surface area (Å²) < 4.78 is 0. The lowest BCUT2D eigenvalue weighted by molar-refractivity contribution is -0.145. The summed E-state index contributed by atoms with van der Waals surface area (Å²) in [6.45, 7) is 7.61. The van der Waals surface area contributed by atoms with Crippen LogP contribution in [0.4, 0.5) is 0 Å². The second-order valence-corrected chi connectivity index (χ2v) is 6.22. The molecule has 0 radical (unpaired) electrons. The van der Waals surface area contributed by atoms with Gasteiger partial charge in [0.15, 0.2) is 0 Å². The molecule has 0 aromatic rings. The maximum atomic E-state index is 11.9. The van der Waals surface area contributed by atoms with Gasteiger partial charge in [-0.3, -0.25) is 19.3 Å². The van der Waals surface area contributed by atoms with Gasteiger partial charge in [0.2, 0.25) is 11.8 Å². The molecule has 18 heavy (non-hydrogen) atoms. The number of aliphatic carboxylic acids is 1. The first kappa shape index (κ1) is 14.7. The van der Waals surface area contributed by atoms with Crippen molar-refractivity contribution < 1.29 is 19.5 Å². The highest BCUT2D eigenvalue weighted by Crippen LogP contribution is 2.30. The van der Waals surface area contributed by atoms with Crippen molar-refractivity contribution in [2.45, 2.75) is 53.0 Å². The highest BCUT2D eigenvalue weighted by atomic mass is 16.4. The highest BCUT2D eigenvalue weighted by molar-refractivity contribution is 6.03. The summed E-state index contributed by atoms with van der Waals surface area (Å²) in [7, 11) is 0. The minimum atomic E-state index is -0.982. The molecule has 1 aliphatic heterocycles. The largest absolute Gasteiger partial charge is 0.481 e. The van der Waals surface area contributed by atoms with E-state index in [9.17, 15) is 14.4 Å². The van der Waals surface area contributed by atoms with Crippen LogP contribution in [0.1, 0.15) is 47.0 Å². The van der Waals surface area contributed by atoms with Gasteiger partial charge in [-0.2, -0.15) is 0 Å². The third-order valence-electron chi connectivity index (χ3n) is 3.03. The molecule has 0 spiro atoms. The Morgan fingerprint density at radius 3 is 2.33 bits per heavy atom. The van der Waals surface area contributed by atoms with Gasteiger partial charge in [0.05, 0.1) is 12.5 Å². The Labute approximate surface area is 107 Å². The van der Waals surface area contributed by atoms with E-state index in [1.54, 1.807) is 6.92 Å². The fourth-order valence-corrected chi connectivity index (χ4v) is 2.35. The molecule has 102 valence electrons. The number of hydrogen-bond donors (Lipinski definition) is 1. The van der Waals surface area contributed by atoms with Gasteiger partial charge < -0.3 is 5.11 Å². The number of amides is 2. The topological polar surface area (TPSA) is 74.7 Å². The first-order chi connectivity index (χ1) is 8.11. The Bertz CT molecular complexity index is 370. The molecule has 1 fully saturated rings. The summed E-state index contributed by atoms with van der Waals surface area (Å²) in [6.07, 6.45) is 0.518. The molecule has 2 unspecified atom stereocenters. The monoisotopic (exact) mass is 255 g/mol. The van der Waals surface area contributed by atoms with Gasteiger partial charge in [0.1, 0.15) is 0 Å². The van der Waals surface area contributed by atoms with Crippen molar-refractivity contribution in [3.05, 3.63) is 0 Å². The van der Waals surface area contributed by atoms with E-state index in [4.69, 9.17) is 5.11 Å². The predicted octanol–water partition coefficient (Wildman–Crippen LogP) is 1.66. The van der Waals surface area contributed by atoms with Crippen LogP contribution in [0.25, 0.3) is 0 Å². The lowest BCUT2D eigenvalue weighted by Gasteiger charge is -2.31. The molecule has 0 aliphatic carbocycles. The maximum absolute atomic E-state index is 11.9. The smallest absolute Gasteiger partial charge is 0.305 e. The van der Waals surface area contributed by atoms with Crippen LogP contribution in [0.3, 0.4) is 0 Å². The van der Waals surface area contributed by atoms with Crippen molar-refractivity contribution in [2.24, 2.45) is 11.3 Å². The quantitative estimate of drug-likeness (QED) is 0.775. The third-order valence-corrected chi connectivity index (χ3v) is 3.03. The zero-order valence-electron chi connectivity index (χ0n) is 11.4. The van der Waals surface area contributed by atoms with Gasteiger partial charge in [-0.25, -0.2) is 0 Å². The summed E-state index contributed by atoms with van der Waals surface area (Å²) in [6, 6.07) is -0.535. The number of carboxylic acids is 1. The van der Waals surface area contributed by atoms with E-state index in [0.29, 0.717) is 6.42 Å². The summed E-state index contributed by atoms with van der Waals surface area (Å²) in [5.41, 5.74) is -0.132. The lowest BCUT2D eigenvalue weighted by Crippen LogP contribution is -2.43. The Morgan fingerprint density at radius 2 is 2.00 bits per heavy atom. The molecular formula is C13H21NO4. The van der Waals surface area contributed by atoms with Gasteiger partial charge >= 0.3 is 5.97 Å². The number of hydrogen-bond acceptors (Lipinski definition) is 3. The molecule has 0 aromatic carbocycles. The molecule has 0 aromatic heterocycles. The Hall–Kier alpha value is -1.39. The normalized spacial score (nSPS) is 22.4. The van der Waals surface area contributed by atoms with Crippen LogP contribution < -0.4 is 0 Å². The summed E-state index contributed by atoms with van der Waals surface area (Å²) in [5, 5.41) is 8.93. The standard InChI is InChI=1S/C13H21NO4/c1-8-5-10(15)14(12(8)18)9(6-11(16)17)7-13(2,3)4/h8-9H,5-7H2,1-4H3,(H,16,17). The first-order valence-electron chi connectivity index (χ1n) is 6.19. The summed E-state index contributed by atoms with van der Waals surface area (Å²) in [4.78, 5) is 35.8. The van der Waals surface area contributed by atoms with E-state index in [0.717, 1.165) is 0 Å². The predicted molar refractivity (Wildman–Crippen MR) is 65.7 cm³/mol. The van der Waals surface area contributed by atoms with Crippen molar-refractivity contribution >= 4 is 17.8 Å². The molecule has 1 N–H and O–H groups in total. The molecule has 1 aliphatic rings. The van der Waals surface area contributed by atoms with Crippen LogP contribution in [-0.4, -0.2) is 33.8 Å². The van der Waals surface area contributed by atoms with Gasteiger partial charge in [-0.1, -0.05) is 27.7 Å². The molecule has 5 heteroatoms. The average molecular weight is 255 g/mol. The Kier molecular flexibility index (Phi) is 4.14. The van der Waals surface area contributed by atoms with Gasteiger partial charge in [-0.05, 0) is 11.8 Å². The van der Waals surface area contributed by atoms with E-state index in [-0.39, 0.29) is 36.0 Å². The number of carbonyl (C=O) groups excluding carboxylic acids is 2. The minimum absolute atomic E-state index is 0.132. The molecular weight excluding hydrogens is 234 g/mol. The first-order valence-corrected chi connectivity index (χ1v) is 6.19. The molecule has 2 amide bonds. The minimum Gasteiger partial charge on any atom is -0.481 e. The molecule has 1 saturated heterocycles. The number of carbonyl (C=O) groups is 3. The van der Waals surface area contributed by atoms with Crippen molar-refractivity contribution in [2.75, 3.05) is 0 Å². The molecule has 1 heterocycles. The molecule has 1 rings (SSSR count). The van der Waals surface area contributed by atoms with Crippen LogP contribution in [0.5, 0.6) is 0 Å². The van der Waals surface area contributed by atoms with Gasteiger partial charge in [0, 0.05) is 12.3 Å². The van der Waals surface area contributed by atoms with Crippen molar-refractivity contribution in [1.29, 1.82) is 0 Å². The van der Waals surface area contributed by atoms with Crippen molar-refractivity contribution in [1.82, 2.24) is 4.90 Å². The Morgan fingerprint density at radius 1 is 1.44 bits per heavy atom. The number of carboxylic acid groups (broad SMARTS) is 1. The lowest BCUT2D eigenvalue weighted by atomic mass is 9.86. The van der Waals surface area contributed by atoms with Gasteiger partial charge in [-0.15, -0.1) is 0 Å². The van der Waals surface area contributed by atoms with Crippen LogP contribution in [0.2, 0.25) is 0 Å². The van der Waals surface area contributed by atoms with Crippen molar-refractivity contribution in [3.8, 4) is 0 Å². The fourth-order valence-electron chi connectivity index (χ4n) is 2.35. The van der Waals surface area contributed by atoms with Crippen LogP contribution >= 0.6 is 0 Å².